The lowest BCUT2D eigenvalue weighted by Crippen LogP contribution is -2.41. The summed E-state index contributed by atoms with van der Waals surface area (Å²) < 4.78 is 5.34. The van der Waals surface area contributed by atoms with E-state index < -0.39 is 11.8 Å². The van der Waals surface area contributed by atoms with E-state index in [2.05, 4.69) is 20.8 Å². The monoisotopic (exact) mass is 276 g/mol. The molecule has 0 spiro atoms. The number of hydrazone groups is 1. The predicted octanol–water partition coefficient (Wildman–Crippen LogP) is -0.173. The molecule has 1 saturated heterocycles. The molecule has 1 aliphatic heterocycles. The molecule has 1 aromatic rings. The topological polar surface area (TPSA) is 92.7 Å². The Balaban J connectivity index is 1.71. The Labute approximate surface area is 116 Å². The Morgan fingerprint density at radius 2 is 2.20 bits per heavy atom. The van der Waals surface area contributed by atoms with E-state index >= 15 is 0 Å². The number of nitrogens with zero attached hydrogens (tertiary/aromatic N) is 2. The van der Waals surface area contributed by atoms with Crippen molar-refractivity contribution in [3.05, 3.63) is 30.1 Å². The van der Waals surface area contributed by atoms with Gasteiger partial charge in [0, 0.05) is 25.5 Å². The van der Waals surface area contributed by atoms with Gasteiger partial charge in [-0.05, 0) is 30.5 Å². The van der Waals surface area contributed by atoms with E-state index in [4.69, 9.17) is 4.74 Å². The van der Waals surface area contributed by atoms with Crippen LogP contribution < -0.4 is 10.7 Å². The third-order valence-electron chi connectivity index (χ3n) is 2.81. The number of carbonyl (C=O) groups is 2. The van der Waals surface area contributed by atoms with Gasteiger partial charge in [0.1, 0.15) is 0 Å². The maximum atomic E-state index is 11.5. The summed E-state index contributed by atoms with van der Waals surface area (Å²) in [5.74, 6) is -1.51. The van der Waals surface area contributed by atoms with Crippen LogP contribution in [0.5, 0.6) is 0 Å². The van der Waals surface area contributed by atoms with E-state index in [1.54, 1.807) is 24.5 Å². The Morgan fingerprint density at radius 3 is 2.90 bits per heavy atom. The van der Waals surface area contributed by atoms with E-state index in [0.717, 1.165) is 18.4 Å². The third kappa shape index (κ3) is 4.43. The smallest absolute Gasteiger partial charge is 0.329 e. The number of ether oxygens (including phenoxy) is 1. The molecule has 0 saturated carbocycles. The summed E-state index contributed by atoms with van der Waals surface area (Å²) in [7, 11) is 0. The van der Waals surface area contributed by atoms with Gasteiger partial charge in [-0.1, -0.05) is 0 Å². The van der Waals surface area contributed by atoms with Crippen molar-refractivity contribution in [2.75, 3.05) is 13.2 Å². The van der Waals surface area contributed by atoms with Crippen LogP contribution in [-0.2, 0) is 14.3 Å². The van der Waals surface area contributed by atoms with Crippen LogP contribution >= 0.6 is 0 Å². The van der Waals surface area contributed by atoms with Crippen LogP contribution in [0.2, 0.25) is 0 Å². The number of pyridine rings is 1. The lowest BCUT2D eigenvalue weighted by Gasteiger charge is -2.09. The molecular weight excluding hydrogens is 260 g/mol. The molecule has 7 nitrogen and oxygen atoms in total. The van der Waals surface area contributed by atoms with Gasteiger partial charge in [-0.25, -0.2) is 5.43 Å². The second-order valence-electron chi connectivity index (χ2n) is 4.32. The van der Waals surface area contributed by atoms with Gasteiger partial charge in [-0.15, -0.1) is 0 Å². The molecule has 2 rings (SSSR count). The fourth-order valence-electron chi connectivity index (χ4n) is 1.76. The fraction of sp³-hybridized carbons (Fsp3) is 0.385. The normalized spacial score (nSPS) is 18.1. The molecule has 7 heteroatoms. The van der Waals surface area contributed by atoms with Gasteiger partial charge in [0.2, 0.25) is 0 Å². The molecule has 20 heavy (non-hydrogen) atoms. The first-order valence-corrected chi connectivity index (χ1v) is 6.38. The second kappa shape index (κ2) is 7.34. The van der Waals surface area contributed by atoms with E-state index in [1.165, 1.54) is 6.21 Å². The van der Waals surface area contributed by atoms with Crippen molar-refractivity contribution in [1.29, 1.82) is 0 Å². The molecule has 1 atom stereocenters. The number of aromatic nitrogens is 1. The number of amides is 2. The molecule has 0 aliphatic carbocycles. The van der Waals surface area contributed by atoms with Crippen molar-refractivity contribution in [1.82, 2.24) is 15.7 Å². The second-order valence-corrected chi connectivity index (χ2v) is 4.32. The number of rotatable bonds is 4. The highest BCUT2D eigenvalue weighted by atomic mass is 16.5. The molecule has 1 aliphatic rings. The van der Waals surface area contributed by atoms with Crippen LogP contribution in [0.15, 0.2) is 29.6 Å². The highest BCUT2D eigenvalue weighted by molar-refractivity contribution is 6.35. The van der Waals surface area contributed by atoms with E-state index in [0.29, 0.717) is 13.2 Å². The van der Waals surface area contributed by atoms with Gasteiger partial charge in [-0.3, -0.25) is 14.6 Å². The minimum atomic E-state index is -0.798. The standard InChI is InChI=1S/C13H16N4O3/c18-12(15-9-11-2-1-7-20-11)13(19)17-16-8-10-3-5-14-6-4-10/h3-6,8,11H,1-2,7,9H2,(H,15,18)(H,17,19)/b16-8+. The first kappa shape index (κ1) is 14.1. The Bertz CT molecular complexity index is 484. The number of nitrogens with one attached hydrogen (secondary N) is 2. The zero-order valence-electron chi connectivity index (χ0n) is 10.9. The Morgan fingerprint density at radius 1 is 1.40 bits per heavy atom. The van der Waals surface area contributed by atoms with Gasteiger partial charge in [-0.2, -0.15) is 5.10 Å². The molecule has 2 N–H and O–H groups in total. The number of hydrogen-bond acceptors (Lipinski definition) is 5. The van der Waals surface area contributed by atoms with E-state index in [-0.39, 0.29) is 6.10 Å². The first-order chi connectivity index (χ1) is 9.75. The molecule has 1 fully saturated rings. The van der Waals surface area contributed by atoms with Crippen molar-refractivity contribution in [3.63, 3.8) is 0 Å². The lowest BCUT2D eigenvalue weighted by atomic mass is 10.2. The van der Waals surface area contributed by atoms with Crippen LogP contribution in [0.4, 0.5) is 0 Å². The van der Waals surface area contributed by atoms with Crippen LogP contribution in [-0.4, -0.2) is 42.3 Å². The third-order valence-corrected chi connectivity index (χ3v) is 2.81. The van der Waals surface area contributed by atoms with E-state index in [9.17, 15) is 9.59 Å². The van der Waals surface area contributed by atoms with Gasteiger partial charge < -0.3 is 10.1 Å². The number of carbonyl (C=O) groups excluding carboxylic acids is 2. The average Bonchev–Trinajstić information content (AvgIpc) is 2.99. The summed E-state index contributed by atoms with van der Waals surface area (Å²) in [6.07, 6.45) is 6.56. The average molecular weight is 276 g/mol. The Kier molecular flexibility index (Phi) is 5.19. The zero-order valence-corrected chi connectivity index (χ0v) is 10.9. The minimum Gasteiger partial charge on any atom is -0.376 e. The maximum Gasteiger partial charge on any atom is 0.329 e. The van der Waals surface area contributed by atoms with E-state index in [1.807, 2.05) is 0 Å². The van der Waals surface area contributed by atoms with Crippen molar-refractivity contribution in [2.24, 2.45) is 5.10 Å². The molecule has 0 aromatic carbocycles. The van der Waals surface area contributed by atoms with Crippen molar-refractivity contribution < 1.29 is 14.3 Å². The summed E-state index contributed by atoms with van der Waals surface area (Å²) in [5, 5.41) is 6.21. The highest BCUT2D eigenvalue weighted by Gasteiger charge is 2.18. The van der Waals surface area contributed by atoms with Crippen molar-refractivity contribution in [3.8, 4) is 0 Å². The quantitative estimate of drug-likeness (QED) is 0.453. The van der Waals surface area contributed by atoms with Gasteiger partial charge in [0.15, 0.2) is 0 Å². The van der Waals surface area contributed by atoms with Gasteiger partial charge in [0.05, 0.1) is 12.3 Å². The van der Waals surface area contributed by atoms with Gasteiger partial charge in [0.25, 0.3) is 0 Å². The predicted molar refractivity (Wildman–Crippen MR) is 72.0 cm³/mol. The largest absolute Gasteiger partial charge is 0.376 e. The molecule has 1 unspecified atom stereocenters. The molecule has 2 heterocycles. The molecule has 2 amide bonds. The first-order valence-electron chi connectivity index (χ1n) is 6.38. The Hall–Kier alpha value is -2.28. The summed E-state index contributed by atoms with van der Waals surface area (Å²) in [4.78, 5) is 26.8. The van der Waals surface area contributed by atoms with Crippen LogP contribution in [0.3, 0.4) is 0 Å². The van der Waals surface area contributed by atoms with Gasteiger partial charge >= 0.3 is 11.8 Å². The highest BCUT2D eigenvalue weighted by Crippen LogP contribution is 2.10. The maximum absolute atomic E-state index is 11.5. The van der Waals surface area contributed by atoms with Crippen LogP contribution in [0, 0.1) is 0 Å². The lowest BCUT2D eigenvalue weighted by molar-refractivity contribution is -0.139. The molecular formula is C13H16N4O3. The van der Waals surface area contributed by atoms with Crippen LogP contribution in [0.1, 0.15) is 18.4 Å². The molecule has 1 aromatic heterocycles. The zero-order chi connectivity index (χ0) is 14.2. The molecule has 106 valence electrons. The van der Waals surface area contributed by atoms with Crippen LogP contribution in [0.25, 0.3) is 0 Å². The molecule has 0 radical (unpaired) electrons. The minimum absolute atomic E-state index is 0.00655. The van der Waals surface area contributed by atoms with Crippen molar-refractivity contribution >= 4 is 18.0 Å². The van der Waals surface area contributed by atoms with Crippen molar-refractivity contribution in [2.45, 2.75) is 18.9 Å². The summed E-state index contributed by atoms with van der Waals surface area (Å²) in [6, 6.07) is 3.46. The summed E-state index contributed by atoms with van der Waals surface area (Å²) >= 11 is 0. The number of hydrogen-bond donors (Lipinski definition) is 2. The summed E-state index contributed by atoms with van der Waals surface area (Å²) in [6.45, 7) is 1.06. The fourth-order valence-corrected chi connectivity index (χ4v) is 1.76. The summed E-state index contributed by atoms with van der Waals surface area (Å²) in [5.41, 5.74) is 2.94. The SMILES string of the molecule is O=C(NCC1CCCO1)C(=O)N/N=C/c1ccncc1. The molecule has 0 bridgehead atoms.